The highest BCUT2D eigenvalue weighted by Gasteiger charge is 2.11. The van der Waals surface area contributed by atoms with Gasteiger partial charge in [-0.05, 0) is 30.3 Å². The first-order valence-corrected chi connectivity index (χ1v) is 6.49. The summed E-state index contributed by atoms with van der Waals surface area (Å²) < 4.78 is 7.65. The van der Waals surface area contributed by atoms with Crippen LogP contribution in [0.3, 0.4) is 0 Å². The third-order valence-corrected chi connectivity index (χ3v) is 3.35. The lowest BCUT2D eigenvalue weighted by Crippen LogP contribution is -1.97. The van der Waals surface area contributed by atoms with Crippen LogP contribution in [-0.4, -0.2) is 20.6 Å². The molecule has 0 aliphatic heterocycles. The van der Waals surface area contributed by atoms with E-state index in [2.05, 4.69) is 4.98 Å². The van der Waals surface area contributed by atoms with Crippen LogP contribution >= 0.6 is 0 Å². The Balaban J connectivity index is 1.94. The number of rotatable bonds is 4. The van der Waals surface area contributed by atoms with Crippen LogP contribution in [0.4, 0.5) is 0 Å². The molecule has 1 N–H and O–H groups in total. The van der Waals surface area contributed by atoms with Gasteiger partial charge in [0, 0.05) is 35.9 Å². The van der Waals surface area contributed by atoms with E-state index in [0.29, 0.717) is 12.4 Å². The van der Waals surface area contributed by atoms with Crippen LogP contribution in [0.2, 0.25) is 0 Å². The molecule has 0 amide bonds. The Labute approximate surface area is 121 Å². The van der Waals surface area contributed by atoms with E-state index in [4.69, 9.17) is 9.84 Å². The molecule has 2 aromatic heterocycles. The molecule has 0 aliphatic carbocycles. The second-order valence-corrected chi connectivity index (χ2v) is 4.78. The largest absolute Gasteiger partial charge is 0.487 e. The van der Waals surface area contributed by atoms with Crippen LogP contribution in [0, 0.1) is 0 Å². The van der Waals surface area contributed by atoms with E-state index in [1.807, 2.05) is 29.9 Å². The van der Waals surface area contributed by atoms with Crippen LogP contribution in [-0.2, 0) is 13.7 Å². The highest BCUT2D eigenvalue weighted by atomic mass is 16.5. The standard InChI is InChI=1S/C16H14N2O3/c1-18-9-12(10-21-13-3-2-6-17-8-13)14-7-11(16(19)20)4-5-15(14)18/h2-9H,10H2,1H3,(H,19,20). The number of carbonyl (C=O) groups is 1. The van der Waals surface area contributed by atoms with Crippen molar-refractivity contribution in [2.75, 3.05) is 0 Å². The molecule has 3 rings (SSSR count). The lowest BCUT2D eigenvalue weighted by atomic mass is 10.1. The number of benzene rings is 1. The zero-order valence-electron chi connectivity index (χ0n) is 11.5. The topological polar surface area (TPSA) is 64.4 Å². The number of pyridine rings is 1. The molecule has 0 saturated heterocycles. The number of carboxylic acids is 1. The van der Waals surface area contributed by atoms with Gasteiger partial charge in [0.05, 0.1) is 11.8 Å². The van der Waals surface area contributed by atoms with Crippen LogP contribution in [0.15, 0.2) is 48.9 Å². The van der Waals surface area contributed by atoms with Crippen molar-refractivity contribution in [3.8, 4) is 5.75 Å². The smallest absolute Gasteiger partial charge is 0.335 e. The first kappa shape index (κ1) is 13.2. The number of nitrogens with zero attached hydrogens (tertiary/aromatic N) is 2. The Morgan fingerprint density at radius 3 is 2.95 bits per heavy atom. The number of hydrogen-bond donors (Lipinski definition) is 1. The summed E-state index contributed by atoms with van der Waals surface area (Å²) in [6.45, 7) is 0.367. The maximum absolute atomic E-state index is 11.1. The highest BCUT2D eigenvalue weighted by molar-refractivity contribution is 5.94. The molecule has 0 unspecified atom stereocenters. The Bertz CT molecular complexity index is 794. The molecule has 0 atom stereocenters. The first-order valence-electron chi connectivity index (χ1n) is 6.49. The first-order chi connectivity index (χ1) is 10.1. The van der Waals surface area contributed by atoms with E-state index in [0.717, 1.165) is 16.5 Å². The molecule has 0 radical (unpaired) electrons. The van der Waals surface area contributed by atoms with Gasteiger partial charge in [0.1, 0.15) is 12.4 Å². The fourth-order valence-electron chi connectivity index (χ4n) is 2.32. The average molecular weight is 282 g/mol. The van der Waals surface area contributed by atoms with Crippen molar-refractivity contribution in [3.63, 3.8) is 0 Å². The van der Waals surface area contributed by atoms with Gasteiger partial charge in [-0.15, -0.1) is 0 Å². The van der Waals surface area contributed by atoms with Gasteiger partial charge in [-0.3, -0.25) is 4.98 Å². The normalized spacial score (nSPS) is 10.7. The van der Waals surface area contributed by atoms with E-state index in [1.165, 1.54) is 0 Å². The Morgan fingerprint density at radius 2 is 2.24 bits per heavy atom. The predicted octanol–water partition coefficient (Wildman–Crippen LogP) is 2.85. The summed E-state index contributed by atoms with van der Waals surface area (Å²) in [6.07, 6.45) is 5.28. The summed E-state index contributed by atoms with van der Waals surface area (Å²) >= 11 is 0. The van der Waals surface area contributed by atoms with Gasteiger partial charge in [0.15, 0.2) is 0 Å². The van der Waals surface area contributed by atoms with Crippen molar-refractivity contribution in [2.45, 2.75) is 6.61 Å². The molecule has 0 bridgehead atoms. The third-order valence-electron chi connectivity index (χ3n) is 3.35. The number of aromatic nitrogens is 2. The molecule has 0 aliphatic rings. The molecular weight excluding hydrogens is 268 g/mol. The second-order valence-electron chi connectivity index (χ2n) is 4.78. The van der Waals surface area contributed by atoms with Crippen molar-refractivity contribution < 1.29 is 14.6 Å². The number of fused-ring (bicyclic) bond motifs is 1. The Hall–Kier alpha value is -2.82. The number of hydrogen-bond acceptors (Lipinski definition) is 3. The molecule has 0 spiro atoms. The van der Waals surface area contributed by atoms with Crippen LogP contribution in [0.5, 0.6) is 5.75 Å². The summed E-state index contributed by atoms with van der Waals surface area (Å²) in [6, 6.07) is 8.74. The van der Waals surface area contributed by atoms with Crippen LogP contribution < -0.4 is 4.74 Å². The minimum absolute atomic E-state index is 0.274. The van der Waals surface area contributed by atoms with Crippen molar-refractivity contribution in [3.05, 3.63) is 60.0 Å². The highest BCUT2D eigenvalue weighted by Crippen LogP contribution is 2.23. The molecule has 5 heteroatoms. The van der Waals surface area contributed by atoms with Crippen LogP contribution in [0.1, 0.15) is 15.9 Å². The number of carboxylic acid groups (broad SMARTS) is 1. The van der Waals surface area contributed by atoms with Crippen molar-refractivity contribution in [1.82, 2.24) is 9.55 Å². The van der Waals surface area contributed by atoms with E-state index in [1.54, 1.807) is 30.6 Å². The maximum atomic E-state index is 11.1. The maximum Gasteiger partial charge on any atom is 0.335 e. The minimum Gasteiger partial charge on any atom is -0.487 e. The van der Waals surface area contributed by atoms with Gasteiger partial charge in [0.2, 0.25) is 0 Å². The number of aromatic carboxylic acids is 1. The van der Waals surface area contributed by atoms with Gasteiger partial charge >= 0.3 is 5.97 Å². The molecule has 21 heavy (non-hydrogen) atoms. The van der Waals surface area contributed by atoms with E-state index >= 15 is 0 Å². The summed E-state index contributed by atoms with van der Waals surface area (Å²) in [5.41, 5.74) is 2.19. The summed E-state index contributed by atoms with van der Waals surface area (Å²) in [5.74, 6) is -0.247. The molecule has 0 saturated carbocycles. The summed E-state index contributed by atoms with van der Waals surface area (Å²) in [7, 11) is 1.93. The minimum atomic E-state index is -0.931. The average Bonchev–Trinajstić information content (AvgIpc) is 2.82. The number of aryl methyl sites for hydroxylation is 1. The molecule has 1 aromatic carbocycles. The van der Waals surface area contributed by atoms with Gasteiger partial charge in [0.25, 0.3) is 0 Å². The van der Waals surface area contributed by atoms with Gasteiger partial charge in [-0.1, -0.05) is 0 Å². The lowest BCUT2D eigenvalue weighted by molar-refractivity contribution is 0.0697. The second kappa shape index (κ2) is 5.28. The molecular formula is C16H14N2O3. The van der Waals surface area contributed by atoms with Crippen molar-refractivity contribution in [1.29, 1.82) is 0 Å². The van der Waals surface area contributed by atoms with Crippen molar-refractivity contribution >= 4 is 16.9 Å². The molecule has 3 aromatic rings. The lowest BCUT2D eigenvalue weighted by Gasteiger charge is -2.04. The number of ether oxygens (including phenoxy) is 1. The fourth-order valence-corrected chi connectivity index (χ4v) is 2.32. The molecule has 5 nitrogen and oxygen atoms in total. The Kier molecular flexibility index (Phi) is 3.31. The van der Waals surface area contributed by atoms with Gasteiger partial charge in [-0.2, -0.15) is 0 Å². The van der Waals surface area contributed by atoms with Crippen molar-refractivity contribution in [2.24, 2.45) is 7.05 Å². The third kappa shape index (κ3) is 2.58. The Morgan fingerprint density at radius 1 is 1.38 bits per heavy atom. The summed E-state index contributed by atoms with van der Waals surface area (Å²) in [5, 5.41) is 9.99. The predicted molar refractivity (Wildman–Crippen MR) is 78.4 cm³/mol. The van der Waals surface area contributed by atoms with Gasteiger partial charge in [-0.25, -0.2) is 4.79 Å². The SMILES string of the molecule is Cn1cc(COc2cccnc2)c2cc(C(=O)O)ccc21. The van der Waals surface area contributed by atoms with Gasteiger partial charge < -0.3 is 14.4 Å². The molecule has 106 valence electrons. The summed E-state index contributed by atoms with van der Waals surface area (Å²) in [4.78, 5) is 15.1. The van der Waals surface area contributed by atoms with E-state index < -0.39 is 5.97 Å². The van der Waals surface area contributed by atoms with E-state index in [9.17, 15) is 4.79 Å². The van der Waals surface area contributed by atoms with Crippen LogP contribution in [0.25, 0.3) is 10.9 Å². The quantitative estimate of drug-likeness (QED) is 0.799. The fraction of sp³-hybridized carbons (Fsp3) is 0.125. The van der Waals surface area contributed by atoms with E-state index in [-0.39, 0.29) is 5.56 Å². The zero-order chi connectivity index (χ0) is 14.8. The molecule has 0 fully saturated rings. The molecule has 2 heterocycles. The monoisotopic (exact) mass is 282 g/mol. The zero-order valence-corrected chi connectivity index (χ0v) is 11.5.